The minimum Gasteiger partial charge on any atom is -0.508 e. The summed E-state index contributed by atoms with van der Waals surface area (Å²) in [6.07, 6.45) is 6.06. The Balaban J connectivity index is 1.57. The molecule has 23 heavy (non-hydrogen) atoms. The normalized spacial score (nSPS) is 18.0. The molecule has 1 aromatic carbocycles. The van der Waals surface area contributed by atoms with E-state index in [0.29, 0.717) is 5.56 Å². The molecule has 0 spiro atoms. The topological polar surface area (TPSA) is 70.4 Å². The number of anilines is 1. The number of para-hydroxylation sites is 1. The Labute approximate surface area is 135 Å². The molecule has 0 bridgehead atoms. The smallest absolute Gasteiger partial charge is 0.224 e. The molecule has 1 fully saturated rings. The zero-order chi connectivity index (χ0) is 16.2. The average molecular weight is 314 g/mol. The van der Waals surface area contributed by atoms with Crippen molar-refractivity contribution < 1.29 is 9.90 Å². The molecule has 122 valence electrons. The maximum Gasteiger partial charge on any atom is 0.224 e. The number of hydrogen-bond acceptors (Lipinski definition) is 4. The largest absolute Gasteiger partial charge is 0.508 e. The second kappa shape index (κ2) is 6.73. The monoisotopic (exact) mass is 314 g/mol. The third-order valence-corrected chi connectivity index (χ3v) is 4.19. The summed E-state index contributed by atoms with van der Waals surface area (Å²) >= 11 is 0. The van der Waals surface area contributed by atoms with Gasteiger partial charge in [0.2, 0.25) is 5.91 Å². The molecule has 0 unspecified atom stereocenters. The lowest BCUT2D eigenvalue weighted by Gasteiger charge is -2.33. The van der Waals surface area contributed by atoms with Crippen LogP contribution in [0.5, 0.6) is 5.75 Å². The number of piperidine rings is 1. The van der Waals surface area contributed by atoms with Gasteiger partial charge in [-0.1, -0.05) is 18.2 Å². The molecule has 6 nitrogen and oxygen atoms in total. The quantitative estimate of drug-likeness (QED) is 0.896. The molecule has 1 aromatic heterocycles. The molecule has 6 heteroatoms. The Morgan fingerprint density at radius 3 is 3.00 bits per heavy atom. The van der Waals surface area contributed by atoms with Crippen LogP contribution in [0, 0.1) is 0 Å². The van der Waals surface area contributed by atoms with Crippen molar-refractivity contribution in [1.29, 1.82) is 0 Å². The van der Waals surface area contributed by atoms with Gasteiger partial charge >= 0.3 is 0 Å². The van der Waals surface area contributed by atoms with Gasteiger partial charge in [-0.3, -0.25) is 9.48 Å². The van der Waals surface area contributed by atoms with E-state index >= 15 is 0 Å². The van der Waals surface area contributed by atoms with Crippen LogP contribution >= 0.6 is 0 Å². The van der Waals surface area contributed by atoms with E-state index in [-0.39, 0.29) is 24.1 Å². The Bertz CT molecular complexity index is 683. The highest BCUT2D eigenvalue weighted by atomic mass is 16.3. The van der Waals surface area contributed by atoms with E-state index in [1.54, 1.807) is 22.9 Å². The molecule has 1 saturated heterocycles. The summed E-state index contributed by atoms with van der Waals surface area (Å²) in [5.74, 6) is 0.118. The number of phenols is 1. The van der Waals surface area contributed by atoms with Crippen molar-refractivity contribution >= 4 is 11.6 Å². The van der Waals surface area contributed by atoms with Gasteiger partial charge < -0.3 is 15.3 Å². The van der Waals surface area contributed by atoms with Crippen LogP contribution in [0.3, 0.4) is 0 Å². The lowest BCUT2D eigenvalue weighted by atomic mass is 10.0. The molecule has 0 aliphatic carbocycles. The predicted octanol–water partition coefficient (Wildman–Crippen LogP) is 1.45. The Morgan fingerprint density at radius 2 is 2.26 bits per heavy atom. The van der Waals surface area contributed by atoms with E-state index in [0.717, 1.165) is 31.6 Å². The molecule has 2 aromatic rings. The highest BCUT2D eigenvalue weighted by molar-refractivity contribution is 5.79. The Morgan fingerprint density at radius 1 is 1.43 bits per heavy atom. The Kier molecular flexibility index (Phi) is 4.50. The summed E-state index contributed by atoms with van der Waals surface area (Å²) in [4.78, 5) is 14.5. The highest BCUT2D eigenvalue weighted by Gasteiger charge is 2.22. The number of aryl methyl sites for hydroxylation is 1. The molecular weight excluding hydrogens is 292 g/mol. The third kappa shape index (κ3) is 3.83. The maximum atomic E-state index is 12.2. The van der Waals surface area contributed by atoms with Crippen LogP contribution in [0.2, 0.25) is 0 Å². The number of aromatic hydroxyl groups is 1. The summed E-state index contributed by atoms with van der Waals surface area (Å²) in [6.45, 7) is 1.77. The third-order valence-electron chi connectivity index (χ3n) is 4.19. The molecular formula is C17H22N4O2. The number of rotatable bonds is 4. The maximum absolute atomic E-state index is 12.2. The van der Waals surface area contributed by atoms with Crippen molar-refractivity contribution in [2.45, 2.75) is 25.3 Å². The summed E-state index contributed by atoms with van der Waals surface area (Å²) in [6, 6.07) is 7.09. The SMILES string of the molecule is Cn1cc(N2CCC[C@H](NC(=O)Cc3ccccc3O)C2)cn1. The van der Waals surface area contributed by atoms with Crippen molar-refractivity contribution in [1.82, 2.24) is 15.1 Å². The highest BCUT2D eigenvalue weighted by Crippen LogP contribution is 2.20. The number of hydrogen-bond donors (Lipinski definition) is 2. The van der Waals surface area contributed by atoms with Crippen LogP contribution in [0.15, 0.2) is 36.7 Å². The van der Waals surface area contributed by atoms with Crippen LogP contribution in [0.25, 0.3) is 0 Å². The molecule has 1 aliphatic rings. The number of nitrogens with zero attached hydrogens (tertiary/aromatic N) is 3. The van der Waals surface area contributed by atoms with Crippen LogP contribution in [-0.2, 0) is 18.3 Å². The number of nitrogens with one attached hydrogen (secondary N) is 1. The number of carbonyl (C=O) groups is 1. The van der Waals surface area contributed by atoms with E-state index in [1.165, 1.54) is 0 Å². The summed E-state index contributed by atoms with van der Waals surface area (Å²) in [7, 11) is 1.90. The van der Waals surface area contributed by atoms with E-state index in [1.807, 2.05) is 25.5 Å². The lowest BCUT2D eigenvalue weighted by molar-refractivity contribution is -0.121. The van der Waals surface area contributed by atoms with Gasteiger partial charge in [-0.2, -0.15) is 5.10 Å². The van der Waals surface area contributed by atoms with Crippen molar-refractivity contribution in [3.63, 3.8) is 0 Å². The first kappa shape index (κ1) is 15.4. The first-order valence-corrected chi connectivity index (χ1v) is 7.91. The number of benzene rings is 1. The zero-order valence-electron chi connectivity index (χ0n) is 13.3. The van der Waals surface area contributed by atoms with Crippen LogP contribution in [0.1, 0.15) is 18.4 Å². The molecule has 0 saturated carbocycles. The standard InChI is InChI=1S/C17H22N4O2/c1-20-12-15(10-18-20)21-8-4-6-14(11-21)19-17(23)9-13-5-2-3-7-16(13)22/h2-3,5,7,10,12,14,22H,4,6,8-9,11H2,1H3,(H,19,23)/t14-/m0/s1. The number of amides is 1. The van der Waals surface area contributed by atoms with Gasteiger partial charge in [0.25, 0.3) is 0 Å². The van der Waals surface area contributed by atoms with E-state index in [4.69, 9.17) is 0 Å². The van der Waals surface area contributed by atoms with Gasteiger partial charge in [-0.25, -0.2) is 0 Å². The van der Waals surface area contributed by atoms with Crippen molar-refractivity contribution in [3.8, 4) is 5.75 Å². The second-order valence-electron chi connectivity index (χ2n) is 6.03. The van der Waals surface area contributed by atoms with Gasteiger partial charge in [-0.15, -0.1) is 0 Å². The summed E-state index contributed by atoms with van der Waals surface area (Å²) < 4.78 is 1.79. The fourth-order valence-electron chi connectivity index (χ4n) is 3.01. The van der Waals surface area contributed by atoms with Gasteiger partial charge in [0.1, 0.15) is 5.75 Å². The average Bonchev–Trinajstić information content (AvgIpc) is 2.96. The van der Waals surface area contributed by atoms with Gasteiger partial charge in [-0.05, 0) is 18.9 Å². The second-order valence-corrected chi connectivity index (χ2v) is 6.03. The zero-order valence-corrected chi connectivity index (χ0v) is 13.3. The molecule has 2 N–H and O–H groups in total. The molecule has 0 radical (unpaired) electrons. The lowest BCUT2D eigenvalue weighted by Crippen LogP contribution is -2.48. The minimum absolute atomic E-state index is 0.0514. The fourth-order valence-corrected chi connectivity index (χ4v) is 3.01. The first-order chi connectivity index (χ1) is 11.1. The summed E-state index contributed by atoms with van der Waals surface area (Å²) in [5, 5.41) is 17.0. The van der Waals surface area contributed by atoms with Gasteiger partial charge in [0.05, 0.1) is 18.3 Å². The molecule has 1 atom stereocenters. The van der Waals surface area contributed by atoms with Crippen molar-refractivity contribution in [2.24, 2.45) is 7.05 Å². The number of phenolic OH excluding ortho intramolecular Hbond substituents is 1. The van der Waals surface area contributed by atoms with Crippen molar-refractivity contribution in [2.75, 3.05) is 18.0 Å². The van der Waals surface area contributed by atoms with E-state index < -0.39 is 0 Å². The summed E-state index contributed by atoms with van der Waals surface area (Å²) in [5.41, 5.74) is 1.75. The van der Waals surface area contributed by atoms with E-state index in [9.17, 15) is 9.90 Å². The van der Waals surface area contributed by atoms with Crippen molar-refractivity contribution in [3.05, 3.63) is 42.2 Å². The van der Waals surface area contributed by atoms with E-state index in [2.05, 4.69) is 15.3 Å². The fraction of sp³-hybridized carbons (Fsp3) is 0.412. The molecule has 1 amide bonds. The molecule has 2 heterocycles. The number of carbonyl (C=O) groups excluding carboxylic acids is 1. The minimum atomic E-state index is -0.0514. The number of aromatic nitrogens is 2. The van der Waals surface area contributed by atoms with Crippen LogP contribution < -0.4 is 10.2 Å². The predicted molar refractivity (Wildman–Crippen MR) is 88.4 cm³/mol. The Hall–Kier alpha value is -2.50. The first-order valence-electron chi connectivity index (χ1n) is 7.91. The van der Waals surface area contributed by atoms with Crippen LogP contribution in [0.4, 0.5) is 5.69 Å². The van der Waals surface area contributed by atoms with Gasteiger partial charge in [0, 0.05) is 37.9 Å². The molecule has 1 aliphatic heterocycles. The van der Waals surface area contributed by atoms with Gasteiger partial charge in [0.15, 0.2) is 0 Å². The van der Waals surface area contributed by atoms with Crippen LogP contribution in [-0.4, -0.2) is 39.9 Å². The molecule has 3 rings (SSSR count).